The number of phenols is 1. The summed E-state index contributed by atoms with van der Waals surface area (Å²) in [5.74, 6) is -1.93. The molecule has 0 saturated carbocycles. The molecule has 0 aliphatic rings. The largest absolute Gasteiger partial charge is 0.507 e. The Balaban J connectivity index is 3.09. The maximum atomic E-state index is 13.4. The molecule has 14 heavy (non-hydrogen) atoms. The minimum Gasteiger partial charge on any atom is -0.507 e. The second-order valence-corrected chi connectivity index (χ2v) is 3.67. The van der Waals surface area contributed by atoms with Gasteiger partial charge in [0.05, 0.1) is 4.47 Å². The minimum absolute atomic E-state index is 0.0416. The average Bonchev–Trinajstić information content (AvgIpc) is 2.14. The Morgan fingerprint density at radius 3 is 2.64 bits per heavy atom. The smallest absolute Gasteiger partial charge is 0.147 e. The molecule has 1 aromatic carbocycles. The molecule has 0 saturated heterocycles. The van der Waals surface area contributed by atoms with Crippen LogP contribution in [0.15, 0.2) is 10.5 Å². The van der Waals surface area contributed by atoms with Crippen LogP contribution in [0.3, 0.4) is 0 Å². The first-order chi connectivity index (χ1) is 6.57. The van der Waals surface area contributed by atoms with Gasteiger partial charge >= 0.3 is 0 Å². The summed E-state index contributed by atoms with van der Waals surface area (Å²) in [6, 6.07) is 0.888. The maximum Gasteiger partial charge on any atom is 0.147 e. The molecular weight excluding hydrogens is 256 g/mol. The number of aromatic hydroxyl groups is 1. The minimum atomic E-state index is -0.754. The van der Waals surface area contributed by atoms with E-state index in [9.17, 15) is 8.78 Å². The number of benzene rings is 1. The molecule has 0 radical (unpaired) electrons. The van der Waals surface area contributed by atoms with E-state index in [0.717, 1.165) is 6.07 Å². The van der Waals surface area contributed by atoms with E-state index in [1.165, 1.54) is 0 Å². The highest BCUT2D eigenvalue weighted by Gasteiger charge is 2.15. The third kappa shape index (κ3) is 2.22. The lowest BCUT2D eigenvalue weighted by atomic mass is 10.1. The third-order valence-corrected chi connectivity index (χ3v) is 2.62. The van der Waals surface area contributed by atoms with Crippen molar-refractivity contribution in [1.29, 1.82) is 0 Å². The first-order valence-corrected chi connectivity index (χ1v) is 4.92. The number of nitrogens with two attached hydrogens (primary N) is 1. The van der Waals surface area contributed by atoms with E-state index >= 15 is 0 Å². The Bertz CT molecular complexity index is 344. The predicted molar refractivity (Wildman–Crippen MR) is 53.1 cm³/mol. The fourth-order valence-corrected chi connectivity index (χ4v) is 1.48. The van der Waals surface area contributed by atoms with E-state index in [1.807, 2.05) is 0 Å². The van der Waals surface area contributed by atoms with Gasteiger partial charge in [-0.25, -0.2) is 8.78 Å². The van der Waals surface area contributed by atoms with Gasteiger partial charge in [0.15, 0.2) is 0 Å². The molecular formula is C9H10BrF2NO. The number of halogens is 3. The predicted octanol–water partition coefficient (Wildman–Crippen LogP) is 2.32. The Morgan fingerprint density at radius 1 is 1.43 bits per heavy atom. The van der Waals surface area contributed by atoms with E-state index in [4.69, 9.17) is 10.8 Å². The lowest BCUT2D eigenvalue weighted by molar-refractivity contribution is 0.450. The van der Waals surface area contributed by atoms with Gasteiger partial charge in [-0.15, -0.1) is 0 Å². The van der Waals surface area contributed by atoms with Gasteiger partial charge in [-0.1, -0.05) is 0 Å². The van der Waals surface area contributed by atoms with Crippen LogP contribution < -0.4 is 5.73 Å². The number of rotatable bonds is 3. The zero-order valence-corrected chi connectivity index (χ0v) is 8.94. The average molecular weight is 266 g/mol. The van der Waals surface area contributed by atoms with Crippen LogP contribution in [0, 0.1) is 11.6 Å². The van der Waals surface area contributed by atoms with Gasteiger partial charge in [0.25, 0.3) is 0 Å². The fourth-order valence-electron chi connectivity index (χ4n) is 1.13. The van der Waals surface area contributed by atoms with Gasteiger partial charge < -0.3 is 10.8 Å². The Kier molecular flexibility index (Phi) is 3.83. The Morgan fingerprint density at radius 2 is 2.07 bits per heavy atom. The molecule has 0 atom stereocenters. The molecule has 0 fully saturated rings. The standard InChI is InChI=1S/C9H10BrF2NO/c10-8-7(14)4-6(11)5(9(8)12)2-1-3-13/h4,14H,1-3,13H2. The highest BCUT2D eigenvalue weighted by atomic mass is 79.9. The summed E-state index contributed by atoms with van der Waals surface area (Å²) >= 11 is 2.83. The molecule has 3 N–H and O–H groups in total. The molecule has 0 amide bonds. The molecule has 0 unspecified atom stereocenters. The summed E-state index contributed by atoms with van der Waals surface area (Å²) in [4.78, 5) is 0. The van der Waals surface area contributed by atoms with Crippen molar-refractivity contribution in [2.45, 2.75) is 12.8 Å². The molecule has 5 heteroatoms. The van der Waals surface area contributed by atoms with Crippen molar-refractivity contribution in [3.63, 3.8) is 0 Å². The summed E-state index contributed by atoms with van der Waals surface area (Å²) in [7, 11) is 0. The third-order valence-electron chi connectivity index (χ3n) is 1.87. The van der Waals surface area contributed by atoms with E-state index in [1.54, 1.807) is 0 Å². The molecule has 78 valence electrons. The van der Waals surface area contributed by atoms with Crippen LogP contribution >= 0.6 is 15.9 Å². The summed E-state index contributed by atoms with van der Waals surface area (Å²) in [5, 5.41) is 9.08. The van der Waals surface area contributed by atoms with Crippen LogP contribution in [0.4, 0.5) is 8.78 Å². The maximum absolute atomic E-state index is 13.4. The number of phenolic OH excluding ortho intramolecular Hbond substituents is 1. The van der Waals surface area contributed by atoms with Crippen molar-refractivity contribution in [2.24, 2.45) is 5.73 Å². The molecule has 0 aliphatic heterocycles. The Hall–Kier alpha value is -0.680. The summed E-state index contributed by atoms with van der Waals surface area (Å²) < 4.78 is 26.4. The van der Waals surface area contributed by atoms with Crippen LogP contribution in [0.2, 0.25) is 0 Å². The molecule has 0 bridgehead atoms. The second kappa shape index (κ2) is 4.70. The molecule has 0 spiro atoms. The normalized spacial score (nSPS) is 10.6. The summed E-state index contributed by atoms with van der Waals surface area (Å²) in [6.07, 6.45) is 0.734. The van der Waals surface area contributed by atoms with Crippen molar-refractivity contribution < 1.29 is 13.9 Å². The van der Waals surface area contributed by atoms with Crippen molar-refractivity contribution in [1.82, 2.24) is 0 Å². The molecule has 1 aromatic rings. The first-order valence-electron chi connectivity index (χ1n) is 4.13. The van der Waals surface area contributed by atoms with Crippen molar-refractivity contribution >= 4 is 15.9 Å². The van der Waals surface area contributed by atoms with Crippen molar-refractivity contribution in [2.75, 3.05) is 6.54 Å². The topological polar surface area (TPSA) is 46.2 Å². The first kappa shape index (κ1) is 11.4. The van der Waals surface area contributed by atoms with Crippen molar-refractivity contribution in [3.05, 3.63) is 27.7 Å². The quantitative estimate of drug-likeness (QED) is 0.825. The molecule has 2 nitrogen and oxygen atoms in total. The van der Waals surface area contributed by atoms with Gasteiger partial charge in [0.2, 0.25) is 0 Å². The number of hydrogen-bond acceptors (Lipinski definition) is 2. The fraction of sp³-hybridized carbons (Fsp3) is 0.333. The van der Waals surface area contributed by atoms with Crippen molar-refractivity contribution in [3.8, 4) is 5.75 Å². The monoisotopic (exact) mass is 265 g/mol. The molecule has 0 heterocycles. The van der Waals surface area contributed by atoms with Gasteiger partial charge in [-0.2, -0.15) is 0 Å². The van der Waals surface area contributed by atoms with E-state index in [2.05, 4.69) is 15.9 Å². The van der Waals surface area contributed by atoms with Crippen LogP contribution in [-0.2, 0) is 6.42 Å². The van der Waals surface area contributed by atoms with Gasteiger partial charge in [-0.3, -0.25) is 0 Å². The van der Waals surface area contributed by atoms with E-state index < -0.39 is 17.4 Å². The molecule has 0 aliphatic carbocycles. The van der Waals surface area contributed by atoms with Gasteiger partial charge in [-0.05, 0) is 35.3 Å². The molecule has 1 rings (SSSR count). The highest BCUT2D eigenvalue weighted by Crippen LogP contribution is 2.31. The lowest BCUT2D eigenvalue weighted by Crippen LogP contribution is -2.04. The molecule has 0 aromatic heterocycles. The summed E-state index contributed by atoms with van der Waals surface area (Å²) in [6.45, 7) is 0.372. The van der Waals surface area contributed by atoms with E-state index in [0.29, 0.717) is 13.0 Å². The van der Waals surface area contributed by atoms with Gasteiger partial charge in [0.1, 0.15) is 17.4 Å². The lowest BCUT2D eigenvalue weighted by Gasteiger charge is -2.07. The zero-order valence-electron chi connectivity index (χ0n) is 7.36. The van der Waals surface area contributed by atoms with Crippen LogP contribution in [0.5, 0.6) is 5.75 Å². The SMILES string of the molecule is NCCCc1c(F)cc(O)c(Br)c1F. The summed E-state index contributed by atoms with van der Waals surface area (Å²) in [5.41, 5.74) is 5.20. The van der Waals surface area contributed by atoms with Crippen LogP contribution in [0.25, 0.3) is 0 Å². The second-order valence-electron chi connectivity index (χ2n) is 2.88. The Labute approximate surface area is 88.9 Å². The van der Waals surface area contributed by atoms with Crippen LogP contribution in [0.1, 0.15) is 12.0 Å². The number of hydrogen-bond donors (Lipinski definition) is 2. The highest BCUT2D eigenvalue weighted by molar-refractivity contribution is 9.10. The van der Waals surface area contributed by atoms with Crippen LogP contribution in [-0.4, -0.2) is 11.7 Å². The zero-order chi connectivity index (χ0) is 10.7. The van der Waals surface area contributed by atoms with Gasteiger partial charge in [0, 0.05) is 11.6 Å². The van der Waals surface area contributed by atoms with E-state index in [-0.39, 0.29) is 16.5 Å².